The summed E-state index contributed by atoms with van der Waals surface area (Å²) >= 11 is 0. The molecule has 0 saturated carbocycles. The summed E-state index contributed by atoms with van der Waals surface area (Å²) in [5.74, 6) is 2.34. The van der Waals surface area contributed by atoms with Crippen molar-refractivity contribution in [3.8, 4) is 17.2 Å². The van der Waals surface area contributed by atoms with E-state index in [9.17, 15) is 0 Å². The van der Waals surface area contributed by atoms with Crippen molar-refractivity contribution >= 4 is 0 Å². The zero-order chi connectivity index (χ0) is 13.1. The largest absolute Gasteiger partial charge is 0.493 e. The SMILES string of the molecule is Cc1[nH]cnc1CCCOc1ccc2c(c1)OCO2. The number of hydrogen-bond donors (Lipinski definition) is 1. The van der Waals surface area contributed by atoms with Gasteiger partial charge in [0.25, 0.3) is 0 Å². The van der Waals surface area contributed by atoms with E-state index in [1.165, 1.54) is 0 Å². The molecule has 0 atom stereocenters. The molecule has 19 heavy (non-hydrogen) atoms. The standard InChI is InChI=1S/C14H16N2O3/c1-10-12(16-8-15-10)3-2-6-17-11-4-5-13-14(7-11)19-9-18-13/h4-5,7-8H,2-3,6,9H2,1H3,(H,15,16). The van der Waals surface area contributed by atoms with Gasteiger partial charge in [0.2, 0.25) is 6.79 Å². The third-order valence-corrected chi connectivity index (χ3v) is 3.10. The Morgan fingerprint density at radius 2 is 2.21 bits per heavy atom. The monoisotopic (exact) mass is 260 g/mol. The van der Waals surface area contributed by atoms with E-state index in [0.717, 1.165) is 41.5 Å². The van der Waals surface area contributed by atoms with Gasteiger partial charge in [-0.05, 0) is 31.9 Å². The highest BCUT2D eigenvalue weighted by atomic mass is 16.7. The Bertz CT molecular complexity index is 566. The zero-order valence-corrected chi connectivity index (χ0v) is 10.8. The normalized spacial score (nSPS) is 12.7. The van der Waals surface area contributed by atoms with E-state index in [4.69, 9.17) is 14.2 Å². The Balaban J connectivity index is 1.49. The number of nitrogens with one attached hydrogen (secondary N) is 1. The van der Waals surface area contributed by atoms with E-state index in [1.807, 2.05) is 25.1 Å². The summed E-state index contributed by atoms with van der Waals surface area (Å²) in [7, 11) is 0. The Kier molecular flexibility index (Phi) is 3.27. The van der Waals surface area contributed by atoms with Crippen LogP contribution in [0.4, 0.5) is 0 Å². The van der Waals surface area contributed by atoms with E-state index < -0.39 is 0 Å². The first kappa shape index (κ1) is 11.9. The number of ether oxygens (including phenoxy) is 3. The second-order valence-electron chi connectivity index (χ2n) is 4.44. The molecule has 1 aromatic carbocycles. The molecule has 0 radical (unpaired) electrons. The number of aryl methyl sites for hydroxylation is 2. The maximum Gasteiger partial charge on any atom is 0.231 e. The summed E-state index contributed by atoms with van der Waals surface area (Å²) in [4.78, 5) is 7.33. The first-order valence-corrected chi connectivity index (χ1v) is 6.34. The average molecular weight is 260 g/mol. The van der Waals surface area contributed by atoms with Gasteiger partial charge in [-0.3, -0.25) is 0 Å². The number of rotatable bonds is 5. The van der Waals surface area contributed by atoms with Crippen LogP contribution in [0.3, 0.4) is 0 Å². The van der Waals surface area contributed by atoms with Crippen LogP contribution in [0.15, 0.2) is 24.5 Å². The van der Waals surface area contributed by atoms with Crippen molar-refractivity contribution in [2.75, 3.05) is 13.4 Å². The Labute approximate surface area is 111 Å². The number of hydrogen-bond acceptors (Lipinski definition) is 4. The lowest BCUT2D eigenvalue weighted by Crippen LogP contribution is -2.00. The van der Waals surface area contributed by atoms with E-state index in [-0.39, 0.29) is 6.79 Å². The maximum atomic E-state index is 5.70. The maximum absolute atomic E-state index is 5.70. The summed E-state index contributed by atoms with van der Waals surface area (Å²) < 4.78 is 16.3. The molecule has 0 bridgehead atoms. The molecule has 0 saturated heterocycles. The topological polar surface area (TPSA) is 56.4 Å². The second-order valence-corrected chi connectivity index (χ2v) is 4.44. The van der Waals surface area contributed by atoms with Gasteiger partial charge in [0.05, 0.1) is 18.6 Å². The minimum atomic E-state index is 0.289. The van der Waals surface area contributed by atoms with E-state index in [1.54, 1.807) is 6.33 Å². The lowest BCUT2D eigenvalue weighted by atomic mass is 10.2. The van der Waals surface area contributed by atoms with Crippen LogP contribution in [0.25, 0.3) is 0 Å². The minimum absolute atomic E-state index is 0.289. The van der Waals surface area contributed by atoms with Crippen LogP contribution < -0.4 is 14.2 Å². The van der Waals surface area contributed by atoms with Crippen molar-refractivity contribution in [3.63, 3.8) is 0 Å². The van der Waals surface area contributed by atoms with Gasteiger partial charge in [-0.2, -0.15) is 0 Å². The van der Waals surface area contributed by atoms with Gasteiger partial charge in [0.1, 0.15) is 5.75 Å². The van der Waals surface area contributed by atoms with Crippen LogP contribution in [0.1, 0.15) is 17.8 Å². The predicted octanol–water partition coefficient (Wildman–Crippen LogP) is 2.46. The van der Waals surface area contributed by atoms with Crippen molar-refractivity contribution in [1.29, 1.82) is 0 Å². The molecule has 0 fully saturated rings. The molecule has 0 amide bonds. The molecule has 1 N–H and O–H groups in total. The Morgan fingerprint density at radius 1 is 1.32 bits per heavy atom. The molecule has 0 spiro atoms. The minimum Gasteiger partial charge on any atom is -0.493 e. The summed E-state index contributed by atoms with van der Waals surface area (Å²) in [6.07, 6.45) is 3.57. The van der Waals surface area contributed by atoms with Crippen LogP contribution in [-0.2, 0) is 6.42 Å². The quantitative estimate of drug-likeness (QED) is 0.839. The number of aromatic nitrogens is 2. The van der Waals surface area contributed by atoms with Crippen LogP contribution in [0.5, 0.6) is 17.2 Å². The van der Waals surface area contributed by atoms with Crippen molar-refractivity contribution in [2.45, 2.75) is 19.8 Å². The first-order chi connectivity index (χ1) is 9.33. The Hall–Kier alpha value is -2.17. The lowest BCUT2D eigenvalue weighted by Gasteiger charge is -2.06. The number of H-pyrrole nitrogens is 1. The molecule has 5 heteroatoms. The first-order valence-electron chi connectivity index (χ1n) is 6.34. The van der Waals surface area contributed by atoms with Crippen LogP contribution in [0.2, 0.25) is 0 Å². The molecule has 1 aromatic heterocycles. The highest BCUT2D eigenvalue weighted by Crippen LogP contribution is 2.35. The third kappa shape index (κ3) is 2.65. The fourth-order valence-electron chi connectivity index (χ4n) is 2.04. The van der Waals surface area contributed by atoms with Gasteiger partial charge in [-0.1, -0.05) is 0 Å². The van der Waals surface area contributed by atoms with Crippen LogP contribution >= 0.6 is 0 Å². The lowest BCUT2D eigenvalue weighted by molar-refractivity contribution is 0.173. The van der Waals surface area contributed by atoms with Crippen molar-refractivity contribution < 1.29 is 14.2 Å². The molecular weight excluding hydrogens is 244 g/mol. The number of nitrogens with zero attached hydrogens (tertiary/aromatic N) is 1. The summed E-state index contributed by atoms with van der Waals surface area (Å²) in [5.41, 5.74) is 2.23. The average Bonchev–Trinajstić information content (AvgIpc) is 3.03. The van der Waals surface area contributed by atoms with Crippen molar-refractivity contribution in [3.05, 3.63) is 35.9 Å². The van der Waals surface area contributed by atoms with Crippen LogP contribution in [0, 0.1) is 6.92 Å². The molecule has 5 nitrogen and oxygen atoms in total. The van der Waals surface area contributed by atoms with Crippen molar-refractivity contribution in [1.82, 2.24) is 9.97 Å². The molecule has 2 heterocycles. The highest BCUT2D eigenvalue weighted by Gasteiger charge is 2.13. The smallest absolute Gasteiger partial charge is 0.231 e. The summed E-state index contributed by atoms with van der Waals surface area (Å²) in [6.45, 7) is 2.98. The molecule has 1 aliphatic rings. The molecule has 0 unspecified atom stereocenters. The van der Waals surface area contributed by atoms with Gasteiger partial charge >= 0.3 is 0 Å². The molecular formula is C14H16N2O3. The predicted molar refractivity (Wildman–Crippen MR) is 69.7 cm³/mol. The van der Waals surface area contributed by atoms with Gasteiger partial charge < -0.3 is 19.2 Å². The summed E-state index contributed by atoms with van der Waals surface area (Å²) in [5, 5.41) is 0. The van der Waals surface area contributed by atoms with Gasteiger partial charge in [0.15, 0.2) is 11.5 Å². The van der Waals surface area contributed by atoms with E-state index in [0.29, 0.717) is 6.61 Å². The fraction of sp³-hybridized carbons (Fsp3) is 0.357. The third-order valence-electron chi connectivity index (χ3n) is 3.10. The molecule has 3 rings (SSSR count). The summed E-state index contributed by atoms with van der Waals surface area (Å²) in [6, 6.07) is 5.63. The fourth-order valence-corrected chi connectivity index (χ4v) is 2.04. The van der Waals surface area contributed by atoms with Gasteiger partial charge in [-0.25, -0.2) is 4.98 Å². The van der Waals surface area contributed by atoms with Crippen LogP contribution in [-0.4, -0.2) is 23.4 Å². The van der Waals surface area contributed by atoms with Crippen molar-refractivity contribution in [2.24, 2.45) is 0 Å². The number of fused-ring (bicyclic) bond motifs is 1. The van der Waals surface area contributed by atoms with E-state index >= 15 is 0 Å². The molecule has 1 aliphatic heterocycles. The number of imidazole rings is 1. The Morgan fingerprint density at radius 3 is 3.05 bits per heavy atom. The second kappa shape index (κ2) is 5.22. The molecule has 0 aliphatic carbocycles. The van der Waals surface area contributed by atoms with Gasteiger partial charge in [0, 0.05) is 11.8 Å². The molecule has 100 valence electrons. The zero-order valence-electron chi connectivity index (χ0n) is 10.8. The highest BCUT2D eigenvalue weighted by molar-refractivity contribution is 5.46. The number of aromatic amines is 1. The van der Waals surface area contributed by atoms with Gasteiger partial charge in [-0.15, -0.1) is 0 Å². The molecule has 2 aromatic rings. The number of benzene rings is 1. The van der Waals surface area contributed by atoms with E-state index in [2.05, 4.69) is 9.97 Å².